The van der Waals surface area contributed by atoms with Gasteiger partial charge in [0.2, 0.25) is 0 Å². The summed E-state index contributed by atoms with van der Waals surface area (Å²) in [7, 11) is -3.26. The number of nitrogens with zero attached hydrogens (tertiary/aromatic N) is 2. The highest BCUT2D eigenvalue weighted by Crippen LogP contribution is 2.47. The summed E-state index contributed by atoms with van der Waals surface area (Å²) in [6.45, 7) is 0. The summed E-state index contributed by atoms with van der Waals surface area (Å²) >= 11 is 0. The minimum absolute atomic E-state index is 0.827. The number of hydrogen-bond donors (Lipinski definition) is 0. The van der Waals surface area contributed by atoms with Crippen molar-refractivity contribution in [2.24, 2.45) is 0 Å². The van der Waals surface area contributed by atoms with Crippen LogP contribution in [0.1, 0.15) is 0 Å². The zero-order chi connectivity index (χ0) is 26.0. The van der Waals surface area contributed by atoms with Crippen molar-refractivity contribution in [3.05, 3.63) is 140 Å². The molecule has 0 amide bonds. The Bertz CT molecular complexity index is 2210. The van der Waals surface area contributed by atoms with Crippen LogP contribution in [0.3, 0.4) is 0 Å². The van der Waals surface area contributed by atoms with E-state index < -0.39 is 7.14 Å². The molecule has 0 aliphatic heterocycles. The molecule has 6 aromatic carbocycles. The van der Waals surface area contributed by atoms with E-state index in [2.05, 4.69) is 71.1 Å². The molecule has 0 aliphatic carbocycles. The molecule has 2 heterocycles. The van der Waals surface area contributed by atoms with E-state index in [9.17, 15) is 0 Å². The molecule has 4 heteroatoms. The van der Waals surface area contributed by atoms with Crippen molar-refractivity contribution in [1.29, 1.82) is 0 Å². The van der Waals surface area contributed by atoms with Crippen molar-refractivity contribution < 1.29 is 4.57 Å². The molecule has 0 spiro atoms. The fraction of sp³-hybridized carbons (Fsp3) is 0. The minimum Gasteiger partial charge on any atom is -0.309 e. The summed E-state index contributed by atoms with van der Waals surface area (Å²) in [4.78, 5) is 5.10. The summed E-state index contributed by atoms with van der Waals surface area (Å²) in [5.41, 5.74) is 3.90. The molecular formula is C35H23N2OP. The smallest absolute Gasteiger partial charge is 0.171 e. The lowest BCUT2D eigenvalue weighted by molar-refractivity contribution is 0.592. The highest BCUT2D eigenvalue weighted by molar-refractivity contribution is 7.85. The van der Waals surface area contributed by atoms with Gasteiger partial charge < -0.3 is 4.57 Å². The Labute approximate surface area is 225 Å². The van der Waals surface area contributed by atoms with Gasteiger partial charge in [0.05, 0.1) is 16.6 Å². The van der Waals surface area contributed by atoms with Crippen LogP contribution in [0.5, 0.6) is 0 Å². The third kappa shape index (κ3) is 3.11. The molecule has 0 fully saturated rings. The van der Waals surface area contributed by atoms with Gasteiger partial charge in [0.1, 0.15) is 5.65 Å². The standard InChI is InChI=1S/C35H23N2OP/c38-39(25-13-3-1-4-14-25,26-15-5-2-6-16-26)32-21-11-20-31-34(32)33-27-17-8-7-12-24(27)22-23-28(33)35-36-29-18-9-10-19-30(29)37(31)35/h1-23H. The summed E-state index contributed by atoms with van der Waals surface area (Å²) in [5, 5.41) is 7.94. The quantitative estimate of drug-likeness (QED) is 0.178. The molecule has 0 atom stereocenters. The Kier molecular flexibility index (Phi) is 4.79. The molecule has 0 aliphatic rings. The maximum absolute atomic E-state index is 15.7. The van der Waals surface area contributed by atoms with E-state index in [4.69, 9.17) is 4.98 Å². The predicted octanol–water partition coefficient (Wildman–Crippen LogP) is 7.59. The molecule has 0 N–H and O–H groups in total. The maximum atomic E-state index is 15.7. The maximum Gasteiger partial charge on any atom is 0.171 e. The van der Waals surface area contributed by atoms with Gasteiger partial charge >= 0.3 is 0 Å². The van der Waals surface area contributed by atoms with Crippen molar-refractivity contribution in [2.45, 2.75) is 0 Å². The molecule has 0 saturated heterocycles. The van der Waals surface area contributed by atoms with E-state index in [0.717, 1.165) is 65.0 Å². The first kappa shape index (κ1) is 22.3. The molecule has 0 unspecified atom stereocenters. The minimum atomic E-state index is -3.26. The van der Waals surface area contributed by atoms with E-state index in [-0.39, 0.29) is 0 Å². The Morgan fingerprint density at radius 2 is 1.15 bits per heavy atom. The molecule has 8 aromatic rings. The van der Waals surface area contributed by atoms with Gasteiger partial charge in [0, 0.05) is 32.1 Å². The Balaban J connectivity index is 1.68. The average Bonchev–Trinajstić information content (AvgIpc) is 3.41. The van der Waals surface area contributed by atoms with Crippen LogP contribution in [0.4, 0.5) is 0 Å². The van der Waals surface area contributed by atoms with Gasteiger partial charge in [-0.05, 0) is 35.0 Å². The zero-order valence-corrected chi connectivity index (χ0v) is 21.9. The van der Waals surface area contributed by atoms with Crippen LogP contribution < -0.4 is 15.9 Å². The van der Waals surface area contributed by atoms with Crippen LogP contribution in [0, 0.1) is 0 Å². The second-order valence-corrected chi connectivity index (χ2v) is 12.7. The molecule has 39 heavy (non-hydrogen) atoms. The number of para-hydroxylation sites is 2. The number of pyridine rings is 1. The monoisotopic (exact) mass is 518 g/mol. The normalized spacial score (nSPS) is 12.2. The Morgan fingerprint density at radius 3 is 1.92 bits per heavy atom. The zero-order valence-electron chi connectivity index (χ0n) is 21.0. The van der Waals surface area contributed by atoms with Crippen LogP contribution in [0.15, 0.2) is 140 Å². The van der Waals surface area contributed by atoms with Gasteiger partial charge in [0.25, 0.3) is 0 Å². The highest BCUT2D eigenvalue weighted by atomic mass is 31.2. The summed E-state index contributed by atoms with van der Waals surface area (Å²) in [6.07, 6.45) is 0. The van der Waals surface area contributed by atoms with Crippen molar-refractivity contribution in [1.82, 2.24) is 9.38 Å². The van der Waals surface area contributed by atoms with E-state index in [1.54, 1.807) is 0 Å². The van der Waals surface area contributed by atoms with E-state index in [1.165, 1.54) is 0 Å². The third-order valence-electron chi connectivity index (χ3n) is 7.82. The molecule has 8 rings (SSSR count). The summed E-state index contributed by atoms with van der Waals surface area (Å²) in [5.74, 6) is 0. The third-order valence-corrected chi connectivity index (χ3v) is 10.9. The first-order valence-electron chi connectivity index (χ1n) is 13.1. The topological polar surface area (TPSA) is 34.4 Å². The fourth-order valence-corrected chi connectivity index (χ4v) is 8.99. The highest BCUT2D eigenvalue weighted by Gasteiger charge is 2.33. The number of hydrogen-bond acceptors (Lipinski definition) is 2. The average molecular weight is 519 g/mol. The van der Waals surface area contributed by atoms with Crippen molar-refractivity contribution in [3.8, 4) is 0 Å². The van der Waals surface area contributed by atoms with Crippen LogP contribution in [-0.2, 0) is 4.57 Å². The molecule has 3 nitrogen and oxygen atoms in total. The number of fused-ring (bicyclic) bond motifs is 10. The summed E-state index contributed by atoms with van der Waals surface area (Å²) in [6, 6.07) is 47.2. The van der Waals surface area contributed by atoms with Crippen LogP contribution >= 0.6 is 7.14 Å². The SMILES string of the molecule is O=P(c1ccccc1)(c1ccccc1)c1cccc2c1c1c3ccccc3ccc1c1nc3ccccc3n21. The number of aromatic nitrogens is 2. The second kappa shape index (κ2) is 8.39. The van der Waals surface area contributed by atoms with Crippen LogP contribution in [-0.4, -0.2) is 9.38 Å². The lowest BCUT2D eigenvalue weighted by Crippen LogP contribution is -2.26. The van der Waals surface area contributed by atoms with Crippen LogP contribution in [0.2, 0.25) is 0 Å². The molecule has 2 aromatic heterocycles. The van der Waals surface area contributed by atoms with Gasteiger partial charge in [-0.25, -0.2) is 4.98 Å². The van der Waals surface area contributed by atoms with Gasteiger partial charge in [-0.1, -0.05) is 115 Å². The molecular weight excluding hydrogens is 495 g/mol. The number of rotatable bonds is 3. The van der Waals surface area contributed by atoms with Crippen LogP contribution in [0.25, 0.3) is 49.1 Å². The summed E-state index contributed by atoms with van der Waals surface area (Å²) < 4.78 is 18.0. The van der Waals surface area contributed by atoms with Gasteiger partial charge in [-0.3, -0.25) is 4.40 Å². The first-order chi connectivity index (χ1) is 19.2. The molecule has 0 saturated carbocycles. The second-order valence-electron chi connectivity index (χ2n) is 9.92. The predicted molar refractivity (Wildman–Crippen MR) is 165 cm³/mol. The molecule has 0 radical (unpaired) electrons. The Hall–Kier alpha value is -4.72. The van der Waals surface area contributed by atoms with E-state index in [1.807, 2.05) is 72.8 Å². The largest absolute Gasteiger partial charge is 0.309 e. The fourth-order valence-electron chi connectivity index (χ4n) is 6.11. The van der Waals surface area contributed by atoms with Gasteiger partial charge in [-0.15, -0.1) is 0 Å². The van der Waals surface area contributed by atoms with Gasteiger partial charge in [-0.2, -0.15) is 0 Å². The molecule has 0 bridgehead atoms. The van der Waals surface area contributed by atoms with E-state index in [0.29, 0.717) is 0 Å². The molecule has 184 valence electrons. The van der Waals surface area contributed by atoms with E-state index >= 15 is 4.57 Å². The van der Waals surface area contributed by atoms with Crippen molar-refractivity contribution in [2.75, 3.05) is 0 Å². The first-order valence-corrected chi connectivity index (χ1v) is 14.8. The lowest BCUT2D eigenvalue weighted by Gasteiger charge is -2.23. The number of imidazole rings is 1. The number of benzene rings is 6. The lowest BCUT2D eigenvalue weighted by atomic mass is 9.99. The van der Waals surface area contributed by atoms with Gasteiger partial charge in [0.15, 0.2) is 7.14 Å². The Morgan fingerprint density at radius 1 is 0.513 bits per heavy atom. The van der Waals surface area contributed by atoms with Crippen molar-refractivity contribution >= 4 is 72.2 Å². The van der Waals surface area contributed by atoms with Crippen molar-refractivity contribution in [3.63, 3.8) is 0 Å².